The van der Waals surface area contributed by atoms with E-state index in [9.17, 15) is 4.79 Å². The maximum Gasteiger partial charge on any atom is 0.303 e. The Morgan fingerprint density at radius 3 is 2.50 bits per heavy atom. The van der Waals surface area contributed by atoms with Gasteiger partial charge in [-0.25, -0.2) is 4.98 Å². The van der Waals surface area contributed by atoms with Gasteiger partial charge >= 0.3 is 5.97 Å². The van der Waals surface area contributed by atoms with E-state index >= 15 is 0 Å². The molecule has 3 heteroatoms. The highest BCUT2D eigenvalue weighted by molar-refractivity contribution is 5.81. The summed E-state index contributed by atoms with van der Waals surface area (Å²) in [4.78, 5) is 15.5. The Morgan fingerprint density at radius 2 is 1.77 bits per heavy atom. The van der Waals surface area contributed by atoms with E-state index in [0.29, 0.717) is 0 Å². The molecule has 0 spiro atoms. The van der Waals surface area contributed by atoms with Crippen LogP contribution in [0.2, 0.25) is 0 Å². The third-order valence-corrected chi connectivity index (χ3v) is 3.85. The molecule has 110 valence electrons. The number of carboxylic acid groups (broad SMARTS) is 1. The van der Waals surface area contributed by atoms with Crippen molar-refractivity contribution >= 4 is 16.9 Å². The van der Waals surface area contributed by atoms with Crippen molar-refractivity contribution in [3.05, 3.63) is 66.2 Å². The average Bonchev–Trinajstić information content (AvgIpc) is 2.54. The number of pyridine rings is 1. The van der Waals surface area contributed by atoms with Crippen LogP contribution in [0.3, 0.4) is 0 Å². The van der Waals surface area contributed by atoms with Gasteiger partial charge in [0.2, 0.25) is 0 Å². The first-order valence-electron chi connectivity index (χ1n) is 7.31. The van der Waals surface area contributed by atoms with Crippen LogP contribution in [0.1, 0.15) is 24.8 Å². The highest BCUT2D eigenvalue weighted by Crippen LogP contribution is 2.24. The number of nitrogens with zero attached hydrogens (tertiary/aromatic N) is 1. The van der Waals surface area contributed by atoms with Crippen LogP contribution in [0.25, 0.3) is 22.2 Å². The van der Waals surface area contributed by atoms with Crippen molar-refractivity contribution < 1.29 is 9.90 Å². The molecule has 1 unspecified atom stereocenters. The highest BCUT2D eigenvalue weighted by atomic mass is 16.4. The van der Waals surface area contributed by atoms with Crippen LogP contribution in [0.4, 0.5) is 0 Å². The van der Waals surface area contributed by atoms with Crippen molar-refractivity contribution in [2.24, 2.45) is 0 Å². The largest absolute Gasteiger partial charge is 0.481 e. The van der Waals surface area contributed by atoms with Crippen LogP contribution in [-0.4, -0.2) is 16.1 Å². The molecule has 0 aliphatic carbocycles. The van der Waals surface area contributed by atoms with Gasteiger partial charge in [0.1, 0.15) is 0 Å². The van der Waals surface area contributed by atoms with Crippen molar-refractivity contribution in [1.29, 1.82) is 0 Å². The fourth-order valence-electron chi connectivity index (χ4n) is 2.59. The van der Waals surface area contributed by atoms with Crippen LogP contribution in [0.5, 0.6) is 0 Å². The predicted octanol–water partition coefficient (Wildman–Crippen LogP) is 4.48. The summed E-state index contributed by atoms with van der Waals surface area (Å²) in [5.41, 5.74) is 3.98. The lowest BCUT2D eigenvalue weighted by Crippen LogP contribution is -2.02. The van der Waals surface area contributed by atoms with Gasteiger partial charge in [0.25, 0.3) is 0 Å². The lowest BCUT2D eigenvalue weighted by atomic mass is 9.96. The number of hydrogen-bond donors (Lipinski definition) is 1. The number of carbonyl (C=O) groups is 1. The summed E-state index contributed by atoms with van der Waals surface area (Å²) in [7, 11) is 0. The van der Waals surface area contributed by atoms with Gasteiger partial charge in [-0.15, -0.1) is 0 Å². The minimum Gasteiger partial charge on any atom is -0.481 e. The molecule has 0 aliphatic rings. The molecule has 0 aliphatic heterocycles. The summed E-state index contributed by atoms with van der Waals surface area (Å²) < 4.78 is 0. The summed E-state index contributed by atoms with van der Waals surface area (Å²) in [6, 6.07) is 20.1. The van der Waals surface area contributed by atoms with E-state index in [1.54, 1.807) is 0 Å². The van der Waals surface area contributed by atoms with Crippen molar-refractivity contribution in [3.8, 4) is 11.3 Å². The second-order valence-corrected chi connectivity index (χ2v) is 5.51. The molecule has 0 amide bonds. The second kappa shape index (κ2) is 5.98. The van der Waals surface area contributed by atoms with Crippen LogP contribution >= 0.6 is 0 Å². The van der Waals surface area contributed by atoms with Gasteiger partial charge in [0.15, 0.2) is 0 Å². The Balaban J connectivity index is 1.89. The van der Waals surface area contributed by atoms with Crippen molar-refractivity contribution in [3.63, 3.8) is 0 Å². The molecule has 0 bridgehead atoms. The average molecular weight is 291 g/mol. The van der Waals surface area contributed by atoms with E-state index in [2.05, 4.69) is 11.1 Å². The molecule has 3 aromatic rings. The third-order valence-electron chi connectivity index (χ3n) is 3.85. The van der Waals surface area contributed by atoms with E-state index in [-0.39, 0.29) is 12.3 Å². The monoisotopic (exact) mass is 291 g/mol. The molecule has 0 radical (unpaired) electrons. The first-order chi connectivity index (χ1) is 10.6. The zero-order chi connectivity index (χ0) is 15.5. The number of aromatic nitrogens is 1. The van der Waals surface area contributed by atoms with Crippen LogP contribution in [0, 0.1) is 0 Å². The minimum absolute atomic E-state index is 0.0103. The van der Waals surface area contributed by atoms with Crippen molar-refractivity contribution in [2.75, 3.05) is 0 Å². The van der Waals surface area contributed by atoms with Gasteiger partial charge in [-0.05, 0) is 23.6 Å². The Morgan fingerprint density at radius 1 is 1.05 bits per heavy atom. The lowest BCUT2D eigenvalue weighted by Gasteiger charge is -2.10. The molecule has 3 nitrogen and oxygen atoms in total. The third kappa shape index (κ3) is 2.98. The maximum atomic E-state index is 10.8. The predicted molar refractivity (Wildman–Crippen MR) is 87.8 cm³/mol. The summed E-state index contributed by atoms with van der Waals surface area (Å²) in [6.07, 6.45) is 0.146. The quantitative estimate of drug-likeness (QED) is 0.771. The fraction of sp³-hybridized carbons (Fsp3) is 0.158. The normalized spacial score (nSPS) is 12.2. The topological polar surface area (TPSA) is 50.2 Å². The van der Waals surface area contributed by atoms with Gasteiger partial charge in [0.05, 0.1) is 17.6 Å². The fourth-order valence-corrected chi connectivity index (χ4v) is 2.59. The minimum atomic E-state index is -0.771. The van der Waals surface area contributed by atoms with Crippen molar-refractivity contribution in [2.45, 2.75) is 19.3 Å². The Kier molecular flexibility index (Phi) is 3.88. The molecule has 0 saturated heterocycles. The Hall–Kier alpha value is -2.68. The van der Waals surface area contributed by atoms with E-state index in [1.807, 2.05) is 61.5 Å². The molecule has 0 saturated carbocycles. The standard InChI is InChI=1S/C19H17NO2/c1-13(12-19(21)22)14-6-8-16(9-7-14)18-11-10-15-4-2-3-5-17(15)20-18/h2-11,13H,12H2,1H3,(H,21,22). The zero-order valence-electron chi connectivity index (χ0n) is 12.4. The second-order valence-electron chi connectivity index (χ2n) is 5.51. The number of hydrogen-bond acceptors (Lipinski definition) is 2. The molecule has 22 heavy (non-hydrogen) atoms. The van der Waals surface area contributed by atoms with Crippen LogP contribution in [-0.2, 0) is 4.79 Å². The molecule has 3 rings (SSSR count). The number of benzene rings is 2. The molecule has 1 N–H and O–H groups in total. The van der Waals surface area contributed by atoms with E-state index in [4.69, 9.17) is 5.11 Å². The maximum absolute atomic E-state index is 10.8. The number of para-hydroxylation sites is 1. The molecule has 2 aromatic carbocycles. The van der Waals surface area contributed by atoms with Gasteiger partial charge < -0.3 is 5.11 Å². The van der Waals surface area contributed by atoms with Crippen molar-refractivity contribution in [1.82, 2.24) is 4.98 Å². The number of carboxylic acids is 1. The first kappa shape index (κ1) is 14.3. The number of fused-ring (bicyclic) bond motifs is 1. The lowest BCUT2D eigenvalue weighted by molar-refractivity contribution is -0.137. The van der Waals surface area contributed by atoms with Gasteiger partial charge in [-0.2, -0.15) is 0 Å². The molecule has 1 aromatic heterocycles. The molecule has 1 heterocycles. The van der Waals surface area contributed by atoms with Gasteiger partial charge in [0, 0.05) is 10.9 Å². The first-order valence-corrected chi connectivity index (χ1v) is 7.31. The summed E-state index contributed by atoms with van der Waals surface area (Å²) in [6.45, 7) is 1.93. The summed E-state index contributed by atoms with van der Waals surface area (Å²) >= 11 is 0. The highest BCUT2D eigenvalue weighted by Gasteiger charge is 2.10. The Bertz CT molecular complexity index is 809. The molecule has 0 fully saturated rings. The van der Waals surface area contributed by atoms with E-state index in [0.717, 1.165) is 27.7 Å². The molecular formula is C19H17NO2. The molecule has 1 atom stereocenters. The molecular weight excluding hydrogens is 274 g/mol. The summed E-state index contributed by atoms with van der Waals surface area (Å²) in [5.74, 6) is -0.760. The van der Waals surface area contributed by atoms with Gasteiger partial charge in [-0.1, -0.05) is 55.5 Å². The summed E-state index contributed by atoms with van der Waals surface area (Å²) in [5, 5.41) is 9.99. The SMILES string of the molecule is CC(CC(=O)O)c1ccc(-c2ccc3ccccc3n2)cc1. The van der Waals surface area contributed by atoms with E-state index < -0.39 is 5.97 Å². The van der Waals surface area contributed by atoms with Gasteiger partial charge in [-0.3, -0.25) is 4.79 Å². The number of rotatable bonds is 4. The number of aliphatic carboxylic acids is 1. The van der Waals surface area contributed by atoms with Crippen LogP contribution in [0.15, 0.2) is 60.7 Å². The zero-order valence-corrected chi connectivity index (χ0v) is 12.4. The van der Waals surface area contributed by atoms with E-state index in [1.165, 1.54) is 0 Å². The Labute approximate surface area is 129 Å². The smallest absolute Gasteiger partial charge is 0.303 e. The van der Waals surface area contributed by atoms with Crippen LogP contribution < -0.4 is 0 Å².